The summed E-state index contributed by atoms with van der Waals surface area (Å²) < 4.78 is 0. The lowest BCUT2D eigenvalue weighted by atomic mass is 10.1. The molecule has 0 saturated heterocycles. The minimum absolute atomic E-state index is 0.224. The number of rotatable bonds is 4. The summed E-state index contributed by atoms with van der Waals surface area (Å²) in [4.78, 5) is 0. The van der Waals surface area contributed by atoms with Gasteiger partial charge in [-0.25, -0.2) is 0 Å². The van der Waals surface area contributed by atoms with Gasteiger partial charge in [-0.15, -0.1) is 0 Å². The third kappa shape index (κ3) is 4.21. The van der Waals surface area contributed by atoms with Gasteiger partial charge in [0.15, 0.2) is 0 Å². The summed E-state index contributed by atoms with van der Waals surface area (Å²) in [5.41, 5.74) is 1.72. The second-order valence-electron chi connectivity index (χ2n) is 3.59. The molecule has 1 atom stereocenters. The highest BCUT2D eigenvalue weighted by Gasteiger charge is 2.03. The molecule has 0 aliphatic heterocycles. The van der Waals surface area contributed by atoms with Crippen molar-refractivity contribution in [1.82, 2.24) is 0 Å². The minimum atomic E-state index is 0.224. The predicted molar refractivity (Wildman–Crippen MR) is 64.0 cm³/mol. The Morgan fingerprint density at radius 2 is 2.07 bits per heavy atom. The Balaban J connectivity index is 2.51. The molecule has 1 unspecified atom stereocenters. The minimum Gasteiger partial charge on any atom is -0.411 e. The van der Waals surface area contributed by atoms with Gasteiger partial charge in [0.05, 0.1) is 5.71 Å². The zero-order valence-corrected chi connectivity index (χ0v) is 9.62. The second-order valence-corrected chi connectivity index (χ2v) is 4.03. The van der Waals surface area contributed by atoms with E-state index in [2.05, 4.69) is 10.5 Å². The first-order valence-corrected chi connectivity index (χ1v) is 5.19. The highest BCUT2D eigenvalue weighted by Crippen LogP contribution is 2.14. The van der Waals surface area contributed by atoms with Crippen molar-refractivity contribution < 1.29 is 5.21 Å². The fourth-order valence-electron chi connectivity index (χ4n) is 1.37. The third-order valence-corrected chi connectivity index (χ3v) is 2.28. The van der Waals surface area contributed by atoms with Crippen molar-refractivity contribution in [3.63, 3.8) is 0 Å². The fraction of sp³-hybridized carbons (Fsp3) is 0.364. The molecule has 1 rings (SSSR count). The lowest BCUT2D eigenvalue weighted by Gasteiger charge is -2.14. The summed E-state index contributed by atoms with van der Waals surface area (Å²) in [6.45, 7) is 3.82. The molecular weight excluding hydrogens is 212 g/mol. The number of halogens is 1. The van der Waals surface area contributed by atoms with E-state index in [1.807, 2.05) is 31.2 Å². The van der Waals surface area contributed by atoms with Gasteiger partial charge in [-0.05, 0) is 38.1 Å². The van der Waals surface area contributed by atoms with Gasteiger partial charge >= 0.3 is 0 Å². The van der Waals surface area contributed by atoms with Crippen LogP contribution in [0.2, 0.25) is 5.02 Å². The van der Waals surface area contributed by atoms with Crippen molar-refractivity contribution in [3.05, 3.63) is 29.3 Å². The summed E-state index contributed by atoms with van der Waals surface area (Å²) in [5, 5.41) is 15.7. The maximum atomic E-state index is 8.53. The molecule has 0 aliphatic carbocycles. The molecule has 0 radical (unpaired) electrons. The van der Waals surface area contributed by atoms with Crippen LogP contribution in [0.4, 0.5) is 5.69 Å². The van der Waals surface area contributed by atoms with Gasteiger partial charge < -0.3 is 10.5 Å². The summed E-state index contributed by atoms with van der Waals surface area (Å²) in [6, 6.07) is 7.74. The molecular formula is C11H15ClN2O. The fourth-order valence-corrected chi connectivity index (χ4v) is 1.49. The molecule has 3 nitrogen and oxygen atoms in total. The first-order chi connectivity index (χ1) is 7.11. The second kappa shape index (κ2) is 5.61. The quantitative estimate of drug-likeness (QED) is 0.470. The van der Waals surface area contributed by atoms with E-state index in [0.29, 0.717) is 12.1 Å². The molecule has 15 heavy (non-hydrogen) atoms. The van der Waals surface area contributed by atoms with Gasteiger partial charge in [0.25, 0.3) is 0 Å². The van der Waals surface area contributed by atoms with Crippen LogP contribution in [0.25, 0.3) is 0 Å². The summed E-state index contributed by atoms with van der Waals surface area (Å²) in [7, 11) is 0. The number of benzene rings is 1. The van der Waals surface area contributed by atoms with E-state index in [9.17, 15) is 0 Å². The maximum absolute atomic E-state index is 8.53. The molecule has 0 fully saturated rings. The molecule has 82 valence electrons. The first kappa shape index (κ1) is 11.9. The van der Waals surface area contributed by atoms with Gasteiger partial charge in [-0.1, -0.05) is 16.8 Å². The van der Waals surface area contributed by atoms with Gasteiger partial charge in [0, 0.05) is 23.2 Å². The van der Waals surface area contributed by atoms with Crippen LogP contribution < -0.4 is 5.32 Å². The molecule has 2 N–H and O–H groups in total. The smallest absolute Gasteiger partial charge is 0.0560 e. The normalized spacial score (nSPS) is 13.7. The van der Waals surface area contributed by atoms with E-state index >= 15 is 0 Å². The standard InChI is InChI=1S/C11H15ClN2O/c1-8(7-9(2)14-15)13-11-5-3-10(12)4-6-11/h3-6,8,13,15H,7H2,1-2H3/b14-9+. The van der Waals surface area contributed by atoms with E-state index in [4.69, 9.17) is 16.8 Å². The Labute approximate surface area is 94.8 Å². The van der Waals surface area contributed by atoms with Crippen LogP contribution in [-0.2, 0) is 0 Å². The third-order valence-electron chi connectivity index (χ3n) is 2.03. The first-order valence-electron chi connectivity index (χ1n) is 4.81. The molecule has 4 heteroatoms. The average Bonchev–Trinajstić information content (AvgIpc) is 2.21. The van der Waals surface area contributed by atoms with E-state index in [0.717, 1.165) is 10.7 Å². The predicted octanol–water partition coefficient (Wildman–Crippen LogP) is 3.38. The summed E-state index contributed by atoms with van der Waals surface area (Å²) >= 11 is 5.78. The van der Waals surface area contributed by atoms with E-state index in [-0.39, 0.29) is 6.04 Å². The molecule has 0 aromatic heterocycles. The molecule has 0 spiro atoms. The van der Waals surface area contributed by atoms with Crippen LogP contribution in [0.1, 0.15) is 20.3 Å². The molecule has 1 aromatic rings. The number of nitrogens with zero attached hydrogens (tertiary/aromatic N) is 1. The Kier molecular flexibility index (Phi) is 4.43. The average molecular weight is 227 g/mol. The van der Waals surface area contributed by atoms with Crippen LogP contribution in [0.5, 0.6) is 0 Å². The summed E-state index contributed by atoms with van der Waals surface area (Å²) in [5.74, 6) is 0. The highest BCUT2D eigenvalue weighted by atomic mass is 35.5. The Hall–Kier alpha value is -1.22. The molecule has 0 heterocycles. The number of hydrogen-bond donors (Lipinski definition) is 2. The number of oxime groups is 1. The zero-order chi connectivity index (χ0) is 11.3. The van der Waals surface area contributed by atoms with Crippen molar-refractivity contribution in [2.45, 2.75) is 26.3 Å². The van der Waals surface area contributed by atoms with E-state index in [1.165, 1.54) is 0 Å². The van der Waals surface area contributed by atoms with Crippen molar-refractivity contribution >= 4 is 23.0 Å². The maximum Gasteiger partial charge on any atom is 0.0560 e. The SMILES string of the molecule is C/C(CC(C)Nc1ccc(Cl)cc1)=N\O. The van der Waals surface area contributed by atoms with Gasteiger partial charge in [0.2, 0.25) is 0 Å². The molecule has 0 bridgehead atoms. The highest BCUT2D eigenvalue weighted by molar-refractivity contribution is 6.30. The topological polar surface area (TPSA) is 44.6 Å². The van der Waals surface area contributed by atoms with Crippen LogP contribution in [0.15, 0.2) is 29.4 Å². The van der Waals surface area contributed by atoms with Crippen molar-refractivity contribution in [3.8, 4) is 0 Å². The van der Waals surface area contributed by atoms with Crippen molar-refractivity contribution in [1.29, 1.82) is 0 Å². The zero-order valence-electron chi connectivity index (χ0n) is 8.87. The van der Waals surface area contributed by atoms with Crippen LogP contribution in [0.3, 0.4) is 0 Å². The summed E-state index contributed by atoms with van der Waals surface area (Å²) in [6.07, 6.45) is 0.707. The largest absolute Gasteiger partial charge is 0.411 e. The van der Waals surface area contributed by atoms with Crippen molar-refractivity contribution in [2.24, 2.45) is 5.16 Å². The Morgan fingerprint density at radius 1 is 1.47 bits per heavy atom. The van der Waals surface area contributed by atoms with Crippen LogP contribution in [-0.4, -0.2) is 17.0 Å². The number of anilines is 1. The van der Waals surface area contributed by atoms with Crippen molar-refractivity contribution in [2.75, 3.05) is 5.32 Å². The van der Waals surface area contributed by atoms with Gasteiger partial charge in [-0.2, -0.15) is 0 Å². The lowest BCUT2D eigenvalue weighted by Crippen LogP contribution is -2.18. The monoisotopic (exact) mass is 226 g/mol. The Bertz CT molecular complexity index is 335. The Morgan fingerprint density at radius 3 is 2.60 bits per heavy atom. The van der Waals surface area contributed by atoms with Crippen LogP contribution >= 0.6 is 11.6 Å². The van der Waals surface area contributed by atoms with Crippen LogP contribution in [0, 0.1) is 0 Å². The molecule has 0 amide bonds. The van der Waals surface area contributed by atoms with E-state index in [1.54, 1.807) is 6.92 Å². The van der Waals surface area contributed by atoms with Gasteiger partial charge in [-0.3, -0.25) is 0 Å². The number of nitrogens with one attached hydrogen (secondary N) is 1. The molecule has 0 saturated carbocycles. The molecule has 1 aromatic carbocycles. The lowest BCUT2D eigenvalue weighted by molar-refractivity contribution is 0.317. The van der Waals surface area contributed by atoms with E-state index < -0.39 is 0 Å². The molecule has 0 aliphatic rings. The number of hydrogen-bond acceptors (Lipinski definition) is 3. The van der Waals surface area contributed by atoms with Gasteiger partial charge in [0.1, 0.15) is 0 Å².